The van der Waals surface area contributed by atoms with E-state index in [1.807, 2.05) is 18.2 Å². The Morgan fingerprint density at radius 1 is 1.00 bits per heavy atom. The molecule has 160 valence electrons. The average molecular weight is 439 g/mol. The van der Waals surface area contributed by atoms with Gasteiger partial charge < -0.3 is 10.2 Å². The maximum absolute atomic E-state index is 13.8. The highest BCUT2D eigenvalue weighted by Gasteiger charge is 2.17. The molecule has 1 aliphatic heterocycles. The molecular weight excluding hydrogens is 415 g/mol. The Kier molecular flexibility index (Phi) is 6.79. The SMILES string of the molecule is O=C(Nc1ccc(N2CCCN(Cc3ccc(Cl)cc3)CC2)nc1)c1ccccc1F. The molecule has 2 aromatic carbocycles. The third kappa shape index (κ3) is 5.60. The molecule has 7 heteroatoms. The quantitative estimate of drug-likeness (QED) is 0.619. The van der Waals surface area contributed by atoms with Crippen LogP contribution in [-0.2, 0) is 6.54 Å². The van der Waals surface area contributed by atoms with Gasteiger partial charge in [0.15, 0.2) is 0 Å². The fourth-order valence-corrected chi connectivity index (χ4v) is 3.82. The second kappa shape index (κ2) is 9.90. The summed E-state index contributed by atoms with van der Waals surface area (Å²) in [5.74, 6) is -0.158. The standard InChI is InChI=1S/C24H24ClFN4O/c25-19-8-6-18(7-9-19)17-29-12-3-13-30(15-14-29)23-11-10-20(16-27-23)28-24(31)21-4-1-2-5-22(21)26/h1-2,4-11,16H,3,12-15,17H2,(H,28,31). The van der Waals surface area contributed by atoms with Crippen LogP contribution in [0.4, 0.5) is 15.9 Å². The molecule has 4 rings (SSSR count). The topological polar surface area (TPSA) is 48.5 Å². The summed E-state index contributed by atoms with van der Waals surface area (Å²) in [7, 11) is 0. The van der Waals surface area contributed by atoms with E-state index in [9.17, 15) is 9.18 Å². The van der Waals surface area contributed by atoms with Gasteiger partial charge in [-0.3, -0.25) is 9.69 Å². The van der Waals surface area contributed by atoms with Crippen LogP contribution in [0.3, 0.4) is 0 Å². The first-order valence-electron chi connectivity index (χ1n) is 10.3. The second-order valence-corrected chi connectivity index (χ2v) is 8.02. The molecule has 1 aliphatic rings. The summed E-state index contributed by atoms with van der Waals surface area (Å²) in [6.07, 6.45) is 2.66. The van der Waals surface area contributed by atoms with E-state index in [2.05, 4.69) is 32.2 Å². The molecule has 0 spiro atoms. The lowest BCUT2D eigenvalue weighted by molar-refractivity contribution is 0.102. The van der Waals surface area contributed by atoms with E-state index >= 15 is 0 Å². The first-order chi connectivity index (χ1) is 15.1. The summed E-state index contributed by atoms with van der Waals surface area (Å²) in [6.45, 7) is 4.66. The minimum absolute atomic E-state index is 0.0138. The van der Waals surface area contributed by atoms with Crippen molar-refractivity contribution in [1.82, 2.24) is 9.88 Å². The highest BCUT2D eigenvalue weighted by molar-refractivity contribution is 6.30. The van der Waals surface area contributed by atoms with Crippen molar-refractivity contribution in [1.29, 1.82) is 0 Å². The van der Waals surface area contributed by atoms with E-state index in [1.54, 1.807) is 24.4 Å². The van der Waals surface area contributed by atoms with Crippen LogP contribution >= 0.6 is 11.6 Å². The van der Waals surface area contributed by atoms with Gasteiger partial charge in [-0.25, -0.2) is 9.37 Å². The minimum atomic E-state index is -0.544. The summed E-state index contributed by atoms with van der Waals surface area (Å²) in [6, 6.07) is 17.6. The largest absolute Gasteiger partial charge is 0.355 e. The lowest BCUT2D eigenvalue weighted by atomic mass is 10.2. The van der Waals surface area contributed by atoms with Gasteiger partial charge in [-0.05, 0) is 48.4 Å². The van der Waals surface area contributed by atoms with E-state index in [0.29, 0.717) is 5.69 Å². The van der Waals surface area contributed by atoms with Crippen LogP contribution in [0.15, 0.2) is 66.9 Å². The average Bonchev–Trinajstić information content (AvgIpc) is 3.02. The van der Waals surface area contributed by atoms with Crippen LogP contribution in [-0.4, -0.2) is 42.0 Å². The molecular formula is C24H24ClFN4O. The number of halogens is 2. The van der Waals surface area contributed by atoms with E-state index < -0.39 is 11.7 Å². The first kappa shape index (κ1) is 21.3. The van der Waals surface area contributed by atoms with Crippen molar-refractivity contribution >= 4 is 29.0 Å². The van der Waals surface area contributed by atoms with Gasteiger partial charge in [0.05, 0.1) is 17.4 Å². The number of benzene rings is 2. The van der Waals surface area contributed by atoms with Gasteiger partial charge in [-0.2, -0.15) is 0 Å². The zero-order valence-corrected chi connectivity index (χ0v) is 17.9. The van der Waals surface area contributed by atoms with Crippen LogP contribution in [0, 0.1) is 5.82 Å². The number of carbonyl (C=O) groups is 1. The number of hydrogen-bond donors (Lipinski definition) is 1. The number of carbonyl (C=O) groups excluding carboxylic acids is 1. The Hall–Kier alpha value is -2.96. The molecule has 0 aliphatic carbocycles. The lowest BCUT2D eigenvalue weighted by Gasteiger charge is -2.23. The van der Waals surface area contributed by atoms with Crippen LogP contribution in [0.2, 0.25) is 5.02 Å². The molecule has 0 radical (unpaired) electrons. The highest BCUT2D eigenvalue weighted by atomic mass is 35.5. The smallest absolute Gasteiger partial charge is 0.258 e. The number of pyridine rings is 1. The van der Waals surface area contributed by atoms with Crippen molar-refractivity contribution in [3.63, 3.8) is 0 Å². The van der Waals surface area contributed by atoms with Crippen LogP contribution in [0.1, 0.15) is 22.3 Å². The molecule has 0 saturated carbocycles. The van der Waals surface area contributed by atoms with E-state index in [0.717, 1.165) is 50.0 Å². The van der Waals surface area contributed by atoms with E-state index in [-0.39, 0.29) is 5.56 Å². The molecule has 1 aromatic heterocycles. The third-order valence-corrected chi connectivity index (χ3v) is 5.61. The van der Waals surface area contributed by atoms with Crippen LogP contribution < -0.4 is 10.2 Å². The molecule has 0 unspecified atom stereocenters. The van der Waals surface area contributed by atoms with Gasteiger partial charge in [0.2, 0.25) is 0 Å². The number of aromatic nitrogens is 1. The third-order valence-electron chi connectivity index (χ3n) is 5.36. The van der Waals surface area contributed by atoms with Crippen LogP contribution in [0.25, 0.3) is 0 Å². The van der Waals surface area contributed by atoms with Crippen molar-refractivity contribution in [3.05, 3.63) is 88.8 Å². The van der Waals surface area contributed by atoms with Crippen molar-refractivity contribution in [2.45, 2.75) is 13.0 Å². The predicted octanol–water partition coefficient (Wildman–Crippen LogP) is 4.84. The molecule has 1 fully saturated rings. The zero-order chi connectivity index (χ0) is 21.6. The Morgan fingerprint density at radius 2 is 1.81 bits per heavy atom. The molecule has 0 atom stereocenters. The Bertz CT molecular complexity index is 1030. The van der Waals surface area contributed by atoms with Crippen molar-refractivity contribution in [2.24, 2.45) is 0 Å². The lowest BCUT2D eigenvalue weighted by Crippen LogP contribution is -2.30. The van der Waals surface area contributed by atoms with Crippen molar-refractivity contribution in [2.75, 3.05) is 36.4 Å². The molecule has 2 heterocycles. The maximum atomic E-state index is 13.8. The van der Waals surface area contributed by atoms with Gasteiger partial charge in [-0.15, -0.1) is 0 Å². The van der Waals surface area contributed by atoms with Gasteiger partial charge >= 0.3 is 0 Å². The minimum Gasteiger partial charge on any atom is -0.355 e. The number of rotatable bonds is 5. The number of anilines is 2. The van der Waals surface area contributed by atoms with E-state index in [1.165, 1.54) is 17.7 Å². The molecule has 1 saturated heterocycles. The van der Waals surface area contributed by atoms with Crippen molar-refractivity contribution in [3.8, 4) is 0 Å². The molecule has 3 aromatic rings. The maximum Gasteiger partial charge on any atom is 0.258 e. The van der Waals surface area contributed by atoms with Gasteiger partial charge in [-0.1, -0.05) is 35.9 Å². The monoisotopic (exact) mass is 438 g/mol. The van der Waals surface area contributed by atoms with Crippen LogP contribution in [0.5, 0.6) is 0 Å². The number of nitrogens with zero attached hydrogens (tertiary/aromatic N) is 3. The van der Waals surface area contributed by atoms with Gasteiger partial charge in [0.25, 0.3) is 5.91 Å². The molecule has 5 nitrogen and oxygen atoms in total. The summed E-state index contributed by atoms with van der Waals surface area (Å²) in [5, 5.41) is 3.46. The zero-order valence-electron chi connectivity index (χ0n) is 17.1. The second-order valence-electron chi connectivity index (χ2n) is 7.58. The fourth-order valence-electron chi connectivity index (χ4n) is 3.70. The van der Waals surface area contributed by atoms with Gasteiger partial charge in [0.1, 0.15) is 11.6 Å². The summed E-state index contributed by atoms with van der Waals surface area (Å²) in [4.78, 5) is 21.5. The summed E-state index contributed by atoms with van der Waals surface area (Å²) in [5.41, 5.74) is 1.81. The normalized spacial score (nSPS) is 14.8. The molecule has 1 N–H and O–H groups in total. The number of hydrogen-bond acceptors (Lipinski definition) is 4. The number of amides is 1. The van der Waals surface area contributed by atoms with E-state index in [4.69, 9.17) is 11.6 Å². The highest BCUT2D eigenvalue weighted by Crippen LogP contribution is 2.19. The Balaban J connectivity index is 1.34. The van der Waals surface area contributed by atoms with Gasteiger partial charge in [0, 0.05) is 37.7 Å². The first-order valence-corrected chi connectivity index (χ1v) is 10.7. The predicted molar refractivity (Wildman–Crippen MR) is 122 cm³/mol. The summed E-state index contributed by atoms with van der Waals surface area (Å²) < 4.78 is 13.8. The van der Waals surface area contributed by atoms with Crippen molar-refractivity contribution < 1.29 is 9.18 Å². The molecule has 1 amide bonds. The molecule has 0 bridgehead atoms. The Labute approximate surface area is 186 Å². The molecule has 31 heavy (non-hydrogen) atoms. The Morgan fingerprint density at radius 3 is 2.55 bits per heavy atom. The summed E-state index contributed by atoms with van der Waals surface area (Å²) >= 11 is 5.98. The fraction of sp³-hybridized carbons (Fsp3) is 0.250. The number of nitrogens with one attached hydrogen (secondary N) is 1.